The third kappa shape index (κ3) is 8.28. The molecule has 0 bridgehead atoms. The number of hydrogen-bond acceptors (Lipinski definition) is 5. The second-order valence-electron chi connectivity index (χ2n) is 8.89. The molecule has 1 aliphatic rings. The van der Waals surface area contributed by atoms with Gasteiger partial charge in [0.15, 0.2) is 6.61 Å². The topological polar surface area (TPSA) is 78.9 Å². The predicted octanol–water partition coefficient (Wildman–Crippen LogP) is 3.44. The first-order valence-electron chi connectivity index (χ1n) is 12.5. The first kappa shape index (κ1) is 26.6. The van der Waals surface area contributed by atoms with E-state index in [1.54, 1.807) is 12.1 Å². The molecule has 194 valence electrons. The van der Waals surface area contributed by atoms with Gasteiger partial charge in [-0.2, -0.15) is 0 Å². The zero-order valence-electron chi connectivity index (χ0n) is 20.8. The van der Waals surface area contributed by atoms with Gasteiger partial charge in [0.1, 0.15) is 5.75 Å². The van der Waals surface area contributed by atoms with Crippen molar-refractivity contribution in [3.63, 3.8) is 0 Å². The molecule has 0 aliphatic carbocycles. The van der Waals surface area contributed by atoms with Crippen LogP contribution in [0, 0.1) is 0 Å². The Balaban J connectivity index is 1.17. The van der Waals surface area contributed by atoms with Crippen LogP contribution in [0.1, 0.15) is 11.1 Å². The number of piperazine rings is 1. The minimum Gasteiger partial charge on any atom is -0.484 e. The minimum atomic E-state index is -3.61. The van der Waals surface area contributed by atoms with Crippen LogP contribution < -0.4 is 9.46 Å². The van der Waals surface area contributed by atoms with Gasteiger partial charge in [-0.05, 0) is 41.8 Å². The van der Waals surface area contributed by atoms with Gasteiger partial charge in [-0.25, -0.2) is 13.1 Å². The summed E-state index contributed by atoms with van der Waals surface area (Å²) < 4.78 is 33.4. The lowest BCUT2D eigenvalue weighted by Gasteiger charge is -2.34. The van der Waals surface area contributed by atoms with E-state index >= 15 is 0 Å². The molecule has 0 atom stereocenters. The van der Waals surface area contributed by atoms with Gasteiger partial charge in [-0.1, -0.05) is 72.8 Å². The van der Waals surface area contributed by atoms with Crippen molar-refractivity contribution >= 4 is 22.0 Å². The molecule has 7 nitrogen and oxygen atoms in total. The number of rotatable bonds is 11. The third-order valence-electron chi connectivity index (χ3n) is 6.24. The number of nitrogens with zero attached hydrogens (tertiary/aromatic N) is 2. The van der Waals surface area contributed by atoms with Gasteiger partial charge in [0, 0.05) is 39.3 Å². The second kappa shape index (κ2) is 13.2. The van der Waals surface area contributed by atoms with Crippen molar-refractivity contribution in [2.75, 3.05) is 45.9 Å². The minimum absolute atomic E-state index is 0.0706. The van der Waals surface area contributed by atoms with E-state index in [0.717, 1.165) is 25.2 Å². The standard InChI is InChI=1S/C29H33N3O4S/c33-29(32-22-20-31(21-23-32)19-7-12-25-8-3-1-4-9-25)24-36-27-13-15-28(16-14-27)37(34,35)30-18-17-26-10-5-2-6-11-26/h1-16,30H,17-24H2/b12-7+. The maximum atomic E-state index is 12.6. The Labute approximate surface area is 219 Å². The van der Waals surface area contributed by atoms with Gasteiger partial charge < -0.3 is 9.64 Å². The molecule has 0 saturated carbocycles. The number of sulfonamides is 1. The zero-order chi connectivity index (χ0) is 25.9. The zero-order valence-corrected chi connectivity index (χ0v) is 21.6. The lowest BCUT2D eigenvalue weighted by molar-refractivity contribution is -0.135. The van der Waals surface area contributed by atoms with Crippen LogP contribution in [-0.2, 0) is 21.2 Å². The van der Waals surface area contributed by atoms with Gasteiger partial charge in [0.2, 0.25) is 10.0 Å². The van der Waals surface area contributed by atoms with Gasteiger partial charge in [-0.15, -0.1) is 0 Å². The van der Waals surface area contributed by atoms with Crippen LogP contribution in [0.2, 0.25) is 0 Å². The Bertz CT molecular complexity index is 1260. The molecule has 1 amide bonds. The second-order valence-corrected chi connectivity index (χ2v) is 10.7. The van der Waals surface area contributed by atoms with E-state index < -0.39 is 10.0 Å². The molecule has 1 N–H and O–H groups in total. The van der Waals surface area contributed by atoms with Crippen molar-refractivity contribution in [1.29, 1.82) is 0 Å². The summed E-state index contributed by atoms with van der Waals surface area (Å²) in [6.45, 7) is 4.04. The molecular formula is C29H33N3O4S. The van der Waals surface area contributed by atoms with E-state index in [9.17, 15) is 13.2 Å². The Morgan fingerprint density at radius 3 is 2.19 bits per heavy atom. The summed E-state index contributed by atoms with van der Waals surface area (Å²) in [7, 11) is -3.61. The first-order chi connectivity index (χ1) is 18.0. The molecule has 0 unspecified atom stereocenters. The summed E-state index contributed by atoms with van der Waals surface area (Å²) in [5, 5.41) is 0. The smallest absolute Gasteiger partial charge is 0.260 e. The summed E-state index contributed by atoms with van der Waals surface area (Å²) in [6, 6.07) is 26.1. The van der Waals surface area contributed by atoms with E-state index in [2.05, 4.69) is 33.9 Å². The maximum absolute atomic E-state index is 12.6. The molecule has 3 aromatic rings. The lowest BCUT2D eigenvalue weighted by Crippen LogP contribution is -2.49. The highest BCUT2D eigenvalue weighted by atomic mass is 32.2. The fourth-order valence-electron chi connectivity index (χ4n) is 4.09. The van der Waals surface area contributed by atoms with Crippen LogP contribution in [0.5, 0.6) is 5.75 Å². The summed E-state index contributed by atoms with van der Waals surface area (Å²) in [5.41, 5.74) is 2.25. The van der Waals surface area contributed by atoms with Gasteiger partial charge in [0.05, 0.1) is 4.90 Å². The van der Waals surface area contributed by atoms with Crippen LogP contribution in [0.25, 0.3) is 6.08 Å². The van der Waals surface area contributed by atoms with Gasteiger partial charge in [-0.3, -0.25) is 9.69 Å². The largest absolute Gasteiger partial charge is 0.484 e. The van der Waals surface area contributed by atoms with E-state index in [4.69, 9.17) is 4.74 Å². The average Bonchev–Trinajstić information content (AvgIpc) is 2.93. The van der Waals surface area contributed by atoms with Crippen molar-refractivity contribution in [3.05, 3.63) is 102 Å². The molecule has 1 fully saturated rings. The van der Waals surface area contributed by atoms with Gasteiger partial charge in [0.25, 0.3) is 5.91 Å². The summed E-state index contributed by atoms with van der Waals surface area (Å²) in [6.07, 6.45) is 4.88. The molecule has 1 saturated heterocycles. The molecule has 0 aromatic heterocycles. The molecular weight excluding hydrogens is 486 g/mol. The van der Waals surface area contributed by atoms with Crippen LogP contribution in [0.3, 0.4) is 0 Å². The van der Waals surface area contributed by atoms with Crippen LogP contribution in [-0.4, -0.2) is 70.0 Å². The molecule has 37 heavy (non-hydrogen) atoms. The SMILES string of the molecule is O=C(COc1ccc(S(=O)(=O)NCCc2ccccc2)cc1)N1CCN(C/C=C/c2ccccc2)CC1. The van der Waals surface area contributed by atoms with Crippen molar-refractivity contribution in [2.45, 2.75) is 11.3 Å². The molecule has 3 aromatic carbocycles. The molecule has 8 heteroatoms. The number of ether oxygens (including phenoxy) is 1. The highest BCUT2D eigenvalue weighted by molar-refractivity contribution is 7.89. The molecule has 0 spiro atoms. The fourth-order valence-corrected chi connectivity index (χ4v) is 5.12. The number of benzene rings is 3. The van der Waals surface area contributed by atoms with E-state index in [-0.39, 0.29) is 17.4 Å². The summed E-state index contributed by atoms with van der Waals surface area (Å²) >= 11 is 0. The lowest BCUT2D eigenvalue weighted by atomic mass is 10.2. The number of hydrogen-bond donors (Lipinski definition) is 1. The van der Waals surface area contributed by atoms with Crippen molar-refractivity contribution in [3.8, 4) is 5.75 Å². The fraction of sp³-hybridized carbons (Fsp3) is 0.276. The monoisotopic (exact) mass is 519 g/mol. The number of carbonyl (C=O) groups is 1. The normalized spacial score (nSPS) is 14.6. The van der Waals surface area contributed by atoms with Crippen molar-refractivity contribution < 1.29 is 17.9 Å². The van der Waals surface area contributed by atoms with Crippen molar-refractivity contribution in [2.24, 2.45) is 0 Å². The average molecular weight is 520 g/mol. The number of amides is 1. The van der Waals surface area contributed by atoms with E-state index in [1.165, 1.54) is 17.7 Å². The Morgan fingerprint density at radius 1 is 0.865 bits per heavy atom. The van der Waals surface area contributed by atoms with Crippen LogP contribution in [0.15, 0.2) is 95.9 Å². The van der Waals surface area contributed by atoms with E-state index in [0.29, 0.717) is 31.8 Å². The summed E-state index contributed by atoms with van der Waals surface area (Å²) in [5.74, 6) is 0.389. The Kier molecular flexibility index (Phi) is 9.48. The quantitative estimate of drug-likeness (QED) is 0.420. The number of carbonyl (C=O) groups excluding carboxylic acids is 1. The van der Waals surface area contributed by atoms with Crippen LogP contribution >= 0.6 is 0 Å². The molecule has 1 heterocycles. The summed E-state index contributed by atoms with van der Waals surface area (Å²) in [4.78, 5) is 16.9. The van der Waals surface area contributed by atoms with E-state index in [1.807, 2.05) is 53.4 Å². The Hall–Kier alpha value is -3.46. The van der Waals surface area contributed by atoms with Crippen LogP contribution in [0.4, 0.5) is 0 Å². The van der Waals surface area contributed by atoms with Crippen molar-refractivity contribution in [1.82, 2.24) is 14.5 Å². The van der Waals surface area contributed by atoms with Gasteiger partial charge >= 0.3 is 0 Å². The highest BCUT2D eigenvalue weighted by Crippen LogP contribution is 2.16. The first-order valence-corrected chi connectivity index (χ1v) is 14.0. The maximum Gasteiger partial charge on any atom is 0.260 e. The number of nitrogens with one attached hydrogen (secondary N) is 1. The Morgan fingerprint density at radius 2 is 1.51 bits per heavy atom. The third-order valence-corrected chi connectivity index (χ3v) is 7.72. The predicted molar refractivity (Wildman–Crippen MR) is 146 cm³/mol. The molecule has 4 rings (SSSR count). The molecule has 1 aliphatic heterocycles. The highest BCUT2D eigenvalue weighted by Gasteiger charge is 2.21. The molecule has 0 radical (unpaired) electrons.